The van der Waals surface area contributed by atoms with E-state index in [2.05, 4.69) is 20.6 Å². The van der Waals surface area contributed by atoms with Crippen molar-refractivity contribution in [1.29, 1.82) is 11.1 Å². The SMILES string of the molecule is CCC(CNC(=O)Nc1nc2ccc(OCCN)cc2s1)=Nc1ccccc1C.N=N. The first-order valence-corrected chi connectivity index (χ1v) is 10.6. The number of hydrogen-bond donors (Lipinski definition) is 5. The number of ether oxygens (including phenoxy) is 1. The Morgan fingerprint density at radius 2 is 2.03 bits per heavy atom. The molecular formula is C21H27N7O2S. The molecule has 2 aromatic carbocycles. The lowest BCUT2D eigenvalue weighted by atomic mass is 10.2. The summed E-state index contributed by atoms with van der Waals surface area (Å²) < 4.78 is 6.46. The number of anilines is 1. The molecule has 0 aliphatic rings. The van der Waals surface area contributed by atoms with Gasteiger partial charge in [-0.2, -0.15) is 0 Å². The Morgan fingerprint density at radius 3 is 2.74 bits per heavy atom. The number of aromatic nitrogens is 1. The lowest BCUT2D eigenvalue weighted by molar-refractivity contribution is 0.253. The van der Waals surface area contributed by atoms with Gasteiger partial charge in [0.05, 0.1) is 22.4 Å². The van der Waals surface area contributed by atoms with E-state index in [1.807, 2.05) is 56.3 Å². The number of aliphatic imine (C=N–C) groups is 1. The van der Waals surface area contributed by atoms with Gasteiger partial charge in [0.15, 0.2) is 5.13 Å². The predicted octanol–water partition coefficient (Wildman–Crippen LogP) is 4.84. The maximum atomic E-state index is 12.3. The maximum Gasteiger partial charge on any atom is 0.321 e. The second kappa shape index (κ2) is 12.4. The normalized spacial score (nSPS) is 10.9. The van der Waals surface area contributed by atoms with Crippen molar-refractivity contribution in [2.75, 3.05) is 25.0 Å². The summed E-state index contributed by atoms with van der Waals surface area (Å²) in [6.07, 6.45) is 0.751. The van der Waals surface area contributed by atoms with Gasteiger partial charge >= 0.3 is 6.03 Å². The van der Waals surface area contributed by atoms with Crippen LogP contribution in [0.3, 0.4) is 0 Å². The van der Waals surface area contributed by atoms with Crippen LogP contribution in [-0.2, 0) is 0 Å². The lowest BCUT2D eigenvalue weighted by Crippen LogP contribution is -2.33. The van der Waals surface area contributed by atoms with Gasteiger partial charge in [0.2, 0.25) is 0 Å². The largest absolute Gasteiger partial charge is 0.492 e. The molecule has 3 rings (SSSR count). The summed E-state index contributed by atoms with van der Waals surface area (Å²) in [7, 11) is 0. The summed E-state index contributed by atoms with van der Waals surface area (Å²) in [6.45, 7) is 5.33. The van der Waals surface area contributed by atoms with Crippen molar-refractivity contribution in [3.05, 3.63) is 48.0 Å². The van der Waals surface area contributed by atoms with Crippen LogP contribution < -0.4 is 21.1 Å². The zero-order chi connectivity index (χ0) is 22.6. The monoisotopic (exact) mass is 441 g/mol. The fraction of sp³-hybridized carbons (Fsp3) is 0.286. The number of urea groups is 1. The van der Waals surface area contributed by atoms with Crippen LogP contribution in [0.2, 0.25) is 0 Å². The summed E-state index contributed by atoms with van der Waals surface area (Å²) in [5.74, 6) is 0.739. The minimum absolute atomic E-state index is 0.311. The van der Waals surface area contributed by atoms with Gasteiger partial charge in [-0.1, -0.05) is 36.5 Å². The molecule has 164 valence electrons. The number of fused-ring (bicyclic) bond motifs is 1. The molecule has 3 aromatic rings. The minimum Gasteiger partial charge on any atom is -0.492 e. The highest BCUT2D eigenvalue weighted by atomic mass is 32.1. The molecule has 1 heterocycles. The summed E-state index contributed by atoms with van der Waals surface area (Å²) in [6, 6.07) is 13.2. The smallest absolute Gasteiger partial charge is 0.321 e. The molecule has 0 aliphatic carbocycles. The number of aryl methyl sites for hydroxylation is 1. The highest BCUT2D eigenvalue weighted by Gasteiger charge is 2.09. The molecule has 1 aromatic heterocycles. The zero-order valence-corrected chi connectivity index (χ0v) is 18.4. The van der Waals surface area contributed by atoms with Gasteiger partial charge in [-0.3, -0.25) is 10.3 Å². The first-order chi connectivity index (χ1) is 15.1. The zero-order valence-electron chi connectivity index (χ0n) is 17.6. The van der Waals surface area contributed by atoms with E-state index in [-0.39, 0.29) is 6.03 Å². The first-order valence-electron chi connectivity index (χ1n) is 9.74. The number of benzene rings is 2. The fourth-order valence-electron chi connectivity index (χ4n) is 2.65. The van der Waals surface area contributed by atoms with Gasteiger partial charge in [0, 0.05) is 12.3 Å². The Labute approximate surface area is 185 Å². The fourth-order valence-corrected chi connectivity index (χ4v) is 3.54. The molecule has 0 bridgehead atoms. The second-order valence-electron chi connectivity index (χ2n) is 6.41. The summed E-state index contributed by atoms with van der Waals surface area (Å²) in [4.78, 5) is 21.4. The molecule has 6 N–H and O–H groups in total. The van der Waals surface area contributed by atoms with Crippen LogP contribution in [0.15, 0.2) is 47.5 Å². The van der Waals surface area contributed by atoms with Crippen molar-refractivity contribution >= 4 is 44.1 Å². The molecule has 9 nitrogen and oxygen atoms in total. The van der Waals surface area contributed by atoms with Crippen LogP contribution in [-0.4, -0.2) is 36.4 Å². The van der Waals surface area contributed by atoms with Gasteiger partial charge in [-0.25, -0.2) is 20.8 Å². The third kappa shape index (κ3) is 7.12. The van der Waals surface area contributed by atoms with Gasteiger partial charge in [-0.15, -0.1) is 0 Å². The maximum absolute atomic E-state index is 12.3. The van der Waals surface area contributed by atoms with Gasteiger partial charge in [0.25, 0.3) is 0 Å². The van der Waals surface area contributed by atoms with Gasteiger partial charge in [0.1, 0.15) is 12.4 Å². The van der Waals surface area contributed by atoms with Crippen LogP contribution in [0.5, 0.6) is 5.75 Å². The summed E-state index contributed by atoms with van der Waals surface area (Å²) in [5.41, 5.74) is 19.2. The van der Waals surface area contributed by atoms with E-state index in [1.165, 1.54) is 11.3 Å². The Hall–Kier alpha value is -3.37. The number of nitrogens with one attached hydrogen (secondary N) is 4. The first kappa shape index (κ1) is 23.9. The molecule has 31 heavy (non-hydrogen) atoms. The number of hydrogen-bond acceptors (Lipinski definition) is 8. The number of amides is 2. The van der Waals surface area contributed by atoms with E-state index in [0.29, 0.717) is 24.8 Å². The second-order valence-corrected chi connectivity index (χ2v) is 7.44. The molecule has 0 aliphatic heterocycles. The van der Waals surface area contributed by atoms with Crippen molar-refractivity contribution in [3.63, 3.8) is 0 Å². The van der Waals surface area contributed by atoms with Crippen molar-refractivity contribution < 1.29 is 9.53 Å². The number of thiazole rings is 1. The summed E-state index contributed by atoms with van der Waals surface area (Å²) in [5, 5.41) is 6.17. The third-order valence-electron chi connectivity index (χ3n) is 4.22. The van der Waals surface area contributed by atoms with E-state index < -0.39 is 0 Å². The number of rotatable bonds is 8. The van der Waals surface area contributed by atoms with E-state index in [9.17, 15) is 4.79 Å². The highest BCUT2D eigenvalue weighted by Crippen LogP contribution is 2.29. The topological polar surface area (TPSA) is 149 Å². The van der Waals surface area contributed by atoms with Crippen LogP contribution in [0.1, 0.15) is 18.9 Å². The average molecular weight is 442 g/mol. The van der Waals surface area contributed by atoms with E-state index in [0.717, 1.165) is 39.3 Å². The predicted molar refractivity (Wildman–Crippen MR) is 125 cm³/mol. The van der Waals surface area contributed by atoms with Crippen molar-refractivity contribution in [1.82, 2.24) is 10.3 Å². The lowest BCUT2D eigenvalue weighted by Gasteiger charge is -2.08. The number of carbonyl (C=O) groups is 1. The molecule has 0 atom stereocenters. The quantitative estimate of drug-likeness (QED) is 0.251. The van der Waals surface area contributed by atoms with Gasteiger partial charge in [-0.05, 0) is 43.2 Å². The van der Waals surface area contributed by atoms with E-state index in [4.69, 9.17) is 21.5 Å². The molecule has 0 saturated carbocycles. The van der Waals surface area contributed by atoms with E-state index >= 15 is 0 Å². The van der Waals surface area contributed by atoms with Gasteiger partial charge < -0.3 is 15.8 Å². The Balaban J connectivity index is 0.00000166. The van der Waals surface area contributed by atoms with Crippen LogP contribution in [0.25, 0.3) is 10.2 Å². The molecule has 0 radical (unpaired) electrons. The summed E-state index contributed by atoms with van der Waals surface area (Å²) >= 11 is 1.39. The highest BCUT2D eigenvalue weighted by molar-refractivity contribution is 7.22. The standard InChI is InChI=1S/C21H25N5O2S.H2N2/c1-3-15(24-17-7-5-4-6-14(17)2)13-23-20(27)26-21-25-18-9-8-16(28-11-10-22)12-19(18)29-21;1-2/h4-9,12H,3,10-11,13,22H2,1-2H3,(H2,23,25,26,27);1-2H. The Bertz CT molecular complexity index is 1040. The molecular weight excluding hydrogens is 414 g/mol. The molecule has 10 heteroatoms. The third-order valence-corrected chi connectivity index (χ3v) is 5.16. The molecule has 0 saturated heterocycles. The Morgan fingerprint density at radius 1 is 1.26 bits per heavy atom. The van der Waals surface area contributed by atoms with Crippen LogP contribution in [0, 0.1) is 18.0 Å². The van der Waals surface area contributed by atoms with Crippen molar-refractivity contribution in [2.24, 2.45) is 10.7 Å². The van der Waals surface area contributed by atoms with Crippen LogP contribution >= 0.6 is 11.3 Å². The number of nitrogens with two attached hydrogens (primary N) is 1. The molecule has 0 fully saturated rings. The average Bonchev–Trinajstić information content (AvgIpc) is 3.19. The molecule has 0 unspecified atom stereocenters. The van der Waals surface area contributed by atoms with E-state index in [1.54, 1.807) is 0 Å². The molecule has 2 amide bonds. The number of nitrogens with zero attached hydrogens (tertiary/aromatic N) is 2. The Kier molecular flexibility index (Phi) is 9.53. The number of carbonyl (C=O) groups excluding carboxylic acids is 1. The van der Waals surface area contributed by atoms with Crippen molar-refractivity contribution in [3.8, 4) is 5.75 Å². The molecule has 0 spiro atoms. The minimum atomic E-state index is -0.311. The van der Waals surface area contributed by atoms with Crippen molar-refractivity contribution in [2.45, 2.75) is 20.3 Å². The van der Waals surface area contributed by atoms with Crippen LogP contribution in [0.4, 0.5) is 15.6 Å². The number of para-hydroxylation sites is 1.